The Bertz CT molecular complexity index is 358. The first kappa shape index (κ1) is 14.1. The first-order valence-electron chi connectivity index (χ1n) is 6.95. The van der Waals surface area contributed by atoms with Crippen molar-refractivity contribution in [2.24, 2.45) is 17.7 Å². The van der Waals surface area contributed by atoms with Crippen molar-refractivity contribution in [2.45, 2.75) is 51.5 Å². The zero-order chi connectivity index (χ0) is 13.0. The normalized spacial score (nSPS) is 26.2. The average molecular weight is 315 g/mol. The lowest BCUT2D eigenvalue weighted by Crippen LogP contribution is -2.35. The van der Waals surface area contributed by atoms with Gasteiger partial charge in [-0.05, 0) is 46.7 Å². The number of nitrogens with one attached hydrogen (secondary N) is 1. The summed E-state index contributed by atoms with van der Waals surface area (Å²) < 4.78 is 6.57. The minimum atomic E-state index is 0.136. The highest BCUT2D eigenvalue weighted by molar-refractivity contribution is 9.10. The van der Waals surface area contributed by atoms with Gasteiger partial charge >= 0.3 is 0 Å². The molecule has 1 atom stereocenters. The smallest absolute Gasteiger partial charge is 0.136 e. The van der Waals surface area contributed by atoms with E-state index in [9.17, 15) is 0 Å². The van der Waals surface area contributed by atoms with E-state index >= 15 is 0 Å². The van der Waals surface area contributed by atoms with Gasteiger partial charge in [-0.1, -0.05) is 32.6 Å². The lowest BCUT2D eigenvalue weighted by Gasteiger charge is -2.32. The molecule has 2 rings (SSSR count). The topological polar surface area (TPSA) is 51.2 Å². The van der Waals surface area contributed by atoms with E-state index in [0.29, 0.717) is 5.92 Å². The summed E-state index contributed by atoms with van der Waals surface area (Å²) in [5.74, 6) is 8.18. The van der Waals surface area contributed by atoms with Crippen molar-refractivity contribution in [3.05, 3.63) is 22.6 Å². The lowest BCUT2D eigenvalue weighted by atomic mass is 9.76. The molecule has 0 aromatic carbocycles. The maximum Gasteiger partial charge on any atom is 0.136 e. The van der Waals surface area contributed by atoms with Crippen LogP contribution in [0.15, 0.2) is 21.2 Å². The minimum Gasteiger partial charge on any atom is -0.466 e. The molecule has 1 heterocycles. The first-order chi connectivity index (χ1) is 8.76. The highest BCUT2D eigenvalue weighted by Gasteiger charge is 2.30. The zero-order valence-corrected chi connectivity index (χ0v) is 12.6. The predicted octanol–water partition coefficient (Wildman–Crippen LogP) is 4.15. The molecule has 0 radical (unpaired) electrons. The maximum atomic E-state index is 5.73. The van der Waals surface area contributed by atoms with E-state index in [0.717, 1.165) is 16.2 Å². The SMILES string of the molecule is CCCC1CCC(C(NN)c2occc2Br)CC1. The Morgan fingerprint density at radius 1 is 1.44 bits per heavy atom. The number of rotatable bonds is 5. The van der Waals surface area contributed by atoms with Crippen LogP contribution in [0, 0.1) is 11.8 Å². The Balaban J connectivity index is 1.97. The summed E-state index contributed by atoms with van der Waals surface area (Å²) >= 11 is 3.52. The van der Waals surface area contributed by atoms with E-state index in [1.54, 1.807) is 6.26 Å². The molecule has 1 unspecified atom stereocenters. The Morgan fingerprint density at radius 2 is 2.17 bits per heavy atom. The van der Waals surface area contributed by atoms with Crippen LogP contribution in [-0.4, -0.2) is 0 Å². The molecule has 3 N–H and O–H groups in total. The van der Waals surface area contributed by atoms with Gasteiger partial charge in [0, 0.05) is 0 Å². The fourth-order valence-corrected chi connectivity index (χ4v) is 3.62. The van der Waals surface area contributed by atoms with Gasteiger partial charge in [0.15, 0.2) is 0 Å². The molecule has 0 amide bonds. The number of hydrogen-bond donors (Lipinski definition) is 2. The van der Waals surface area contributed by atoms with Crippen LogP contribution < -0.4 is 11.3 Å². The van der Waals surface area contributed by atoms with E-state index in [-0.39, 0.29) is 6.04 Å². The van der Waals surface area contributed by atoms with Crippen molar-refractivity contribution in [1.82, 2.24) is 5.43 Å². The van der Waals surface area contributed by atoms with Gasteiger partial charge in [0.2, 0.25) is 0 Å². The summed E-state index contributed by atoms with van der Waals surface area (Å²) in [4.78, 5) is 0. The molecule has 0 aliphatic heterocycles. The monoisotopic (exact) mass is 314 g/mol. The molecule has 1 aromatic rings. The molecular formula is C14H23BrN2O. The summed E-state index contributed by atoms with van der Waals surface area (Å²) in [5.41, 5.74) is 2.94. The van der Waals surface area contributed by atoms with E-state index in [1.165, 1.54) is 38.5 Å². The van der Waals surface area contributed by atoms with E-state index < -0.39 is 0 Å². The Kier molecular flexibility index (Phi) is 5.27. The van der Waals surface area contributed by atoms with Crippen LogP contribution in [0.2, 0.25) is 0 Å². The Labute approximate surface area is 118 Å². The van der Waals surface area contributed by atoms with E-state index in [2.05, 4.69) is 28.3 Å². The van der Waals surface area contributed by atoms with Crippen LogP contribution >= 0.6 is 15.9 Å². The number of hydrazine groups is 1. The van der Waals surface area contributed by atoms with Crippen molar-refractivity contribution in [3.8, 4) is 0 Å². The standard InChI is InChI=1S/C14H23BrN2O/c1-2-3-10-4-6-11(7-5-10)13(17-16)14-12(15)8-9-18-14/h8-11,13,17H,2-7,16H2,1H3. The third-order valence-electron chi connectivity index (χ3n) is 4.17. The van der Waals surface area contributed by atoms with Gasteiger partial charge in [-0.2, -0.15) is 0 Å². The summed E-state index contributed by atoms with van der Waals surface area (Å²) in [6, 6.07) is 2.07. The third-order valence-corrected chi connectivity index (χ3v) is 4.82. The third kappa shape index (κ3) is 3.16. The summed E-state index contributed by atoms with van der Waals surface area (Å²) in [6.45, 7) is 2.27. The summed E-state index contributed by atoms with van der Waals surface area (Å²) in [6.07, 6.45) is 9.53. The largest absolute Gasteiger partial charge is 0.466 e. The molecule has 0 saturated heterocycles. The van der Waals surface area contributed by atoms with Crippen LogP contribution in [0.4, 0.5) is 0 Å². The fraction of sp³-hybridized carbons (Fsp3) is 0.714. The molecule has 1 fully saturated rings. The van der Waals surface area contributed by atoms with Crippen LogP contribution in [0.1, 0.15) is 57.3 Å². The average Bonchev–Trinajstić information content (AvgIpc) is 2.79. The van der Waals surface area contributed by atoms with Gasteiger partial charge in [-0.3, -0.25) is 5.84 Å². The molecule has 102 valence electrons. The van der Waals surface area contributed by atoms with Gasteiger partial charge in [0.05, 0.1) is 16.8 Å². The van der Waals surface area contributed by atoms with Crippen LogP contribution in [0.3, 0.4) is 0 Å². The molecular weight excluding hydrogens is 292 g/mol. The fourth-order valence-electron chi connectivity index (χ4n) is 3.17. The number of nitrogens with two attached hydrogens (primary N) is 1. The van der Waals surface area contributed by atoms with Crippen LogP contribution in [0.5, 0.6) is 0 Å². The molecule has 0 spiro atoms. The van der Waals surface area contributed by atoms with Crippen LogP contribution in [-0.2, 0) is 0 Å². The lowest BCUT2D eigenvalue weighted by molar-refractivity contribution is 0.199. The van der Waals surface area contributed by atoms with Gasteiger partial charge in [-0.25, -0.2) is 5.43 Å². The highest BCUT2D eigenvalue weighted by atomic mass is 79.9. The van der Waals surface area contributed by atoms with Crippen LogP contribution in [0.25, 0.3) is 0 Å². The quantitative estimate of drug-likeness (QED) is 0.634. The van der Waals surface area contributed by atoms with Gasteiger partial charge in [-0.15, -0.1) is 0 Å². The second-order valence-corrected chi connectivity index (χ2v) is 6.20. The minimum absolute atomic E-state index is 0.136. The summed E-state index contributed by atoms with van der Waals surface area (Å²) in [7, 11) is 0. The predicted molar refractivity (Wildman–Crippen MR) is 76.8 cm³/mol. The van der Waals surface area contributed by atoms with E-state index in [4.69, 9.17) is 10.3 Å². The first-order valence-corrected chi connectivity index (χ1v) is 7.74. The molecule has 1 aromatic heterocycles. The molecule has 1 aliphatic rings. The summed E-state index contributed by atoms with van der Waals surface area (Å²) in [5, 5.41) is 0. The van der Waals surface area contributed by atoms with Crippen molar-refractivity contribution in [3.63, 3.8) is 0 Å². The maximum absolute atomic E-state index is 5.73. The second kappa shape index (κ2) is 6.73. The number of hydrogen-bond acceptors (Lipinski definition) is 3. The molecule has 1 saturated carbocycles. The zero-order valence-electron chi connectivity index (χ0n) is 11.0. The number of furan rings is 1. The molecule has 1 aliphatic carbocycles. The number of halogens is 1. The molecule has 0 bridgehead atoms. The van der Waals surface area contributed by atoms with Gasteiger partial charge in [0.1, 0.15) is 5.76 Å². The van der Waals surface area contributed by atoms with Crippen molar-refractivity contribution in [2.75, 3.05) is 0 Å². The van der Waals surface area contributed by atoms with Crippen molar-refractivity contribution < 1.29 is 4.42 Å². The Hall–Kier alpha value is -0.320. The Morgan fingerprint density at radius 3 is 2.67 bits per heavy atom. The van der Waals surface area contributed by atoms with Crippen molar-refractivity contribution in [1.29, 1.82) is 0 Å². The van der Waals surface area contributed by atoms with E-state index in [1.807, 2.05) is 6.07 Å². The molecule has 4 heteroatoms. The van der Waals surface area contributed by atoms with Gasteiger partial charge < -0.3 is 4.42 Å². The highest BCUT2D eigenvalue weighted by Crippen LogP contribution is 2.40. The van der Waals surface area contributed by atoms with Gasteiger partial charge in [0.25, 0.3) is 0 Å². The van der Waals surface area contributed by atoms with Crippen molar-refractivity contribution >= 4 is 15.9 Å². The molecule has 18 heavy (non-hydrogen) atoms. The second-order valence-electron chi connectivity index (χ2n) is 5.35. The molecule has 3 nitrogen and oxygen atoms in total.